The number of rotatable bonds is 6. The van der Waals surface area contributed by atoms with Crippen LogP contribution in [0.2, 0.25) is 0 Å². The van der Waals surface area contributed by atoms with Gasteiger partial charge in [-0.1, -0.05) is 23.8 Å². The van der Waals surface area contributed by atoms with Gasteiger partial charge in [0.05, 0.1) is 0 Å². The molecule has 0 saturated carbocycles. The molecule has 1 rings (SSSR count). The summed E-state index contributed by atoms with van der Waals surface area (Å²) in [6.45, 7) is 7.31. The van der Waals surface area contributed by atoms with E-state index in [4.69, 9.17) is 5.73 Å². The minimum absolute atomic E-state index is 0.803. The Bertz CT molecular complexity index is 321. The second-order valence-corrected chi connectivity index (χ2v) is 4.66. The van der Waals surface area contributed by atoms with Crippen molar-refractivity contribution >= 4 is 0 Å². The van der Waals surface area contributed by atoms with Crippen LogP contribution in [0.25, 0.3) is 0 Å². The highest BCUT2D eigenvalue weighted by molar-refractivity contribution is 5.30. The van der Waals surface area contributed by atoms with E-state index in [1.807, 2.05) is 0 Å². The Morgan fingerprint density at radius 3 is 2.62 bits per heavy atom. The molecule has 0 unspecified atom stereocenters. The van der Waals surface area contributed by atoms with Crippen LogP contribution in [-0.2, 0) is 6.54 Å². The molecular weight excluding hydrogens is 196 g/mol. The molecule has 0 fully saturated rings. The summed E-state index contributed by atoms with van der Waals surface area (Å²) in [5.74, 6) is 0. The van der Waals surface area contributed by atoms with E-state index < -0.39 is 0 Å². The number of unbranched alkanes of at least 4 members (excludes halogenated alkanes) is 1. The van der Waals surface area contributed by atoms with Crippen LogP contribution in [0, 0.1) is 13.8 Å². The fourth-order valence-electron chi connectivity index (χ4n) is 1.87. The van der Waals surface area contributed by atoms with E-state index in [0.717, 1.165) is 26.1 Å². The Morgan fingerprint density at radius 1 is 1.19 bits per heavy atom. The molecule has 1 aromatic carbocycles. The second-order valence-electron chi connectivity index (χ2n) is 4.66. The zero-order valence-corrected chi connectivity index (χ0v) is 10.8. The first-order chi connectivity index (χ1) is 7.63. The number of nitrogens with two attached hydrogens (primary N) is 1. The fourth-order valence-corrected chi connectivity index (χ4v) is 1.87. The van der Waals surface area contributed by atoms with Crippen LogP contribution in [-0.4, -0.2) is 25.0 Å². The van der Waals surface area contributed by atoms with Gasteiger partial charge < -0.3 is 10.6 Å². The zero-order chi connectivity index (χ0) is 12.0. The molecule has 0 atom stereocenters. The lowest BCUT2D eigenvalue weighted by Crippen LogP contribution is -2.20. The zero-order valence-electron chi connectivity index (χ0n) is 10.8. The molecule has 0 bridgehead atoms. The fraction of sp³-hybridized carbons (Fsp3) is 0.571. The number of hydrogen-bond donors (Lipinski definition) is 1. The first-order valence-corrected chi connectivity index (χ1v) is 6.08. The molecular formula is C14H24N2. The van der Waals surface area contributed by atoms with Gasteiger partial charge in [0.25, 0.3) is 0 Å². The van der Waals surface area contributed by atoms with E-state index in [-0.39, 0.29) is 0 Å². The maximum absolute atomic E-state index is 5.49. The molecule has 1 aromatic rings. The van der Waals surface area contributed by atoms with Crippen LogP contribution in [0.4, 0.5) is 0 Å². The Kier molecular flexibility index (Phi) is 5.50. The molecule has 2 N–H and O–H groups in total. The van der Waals surface area contributed by atoms with Crippen molar-refractivity contribution in [2.75, 3.05) is 20.1 Å². The second kappa shape index (κ2) is 6.66. The van der Waals surface area contributed by atoms with Crippen molar-refractivity contribution in [3.8, 4) is 0 Å². The number of hydrogen-bond acceptors (Lipinski definition) is 2. The summed E-state index contributed by atoms with van der Waals surface area (Å²) in [7, 11) is 2.18. The standard InChI is InChI=1S/C14H24N2/c1-12-6-7-13(2)14(10-12)11-16(3)9-5-4-8-15/h6-7,10H,4-5,8-9,11,15H2,1-3H3. The molecule has 2 nitrogen and oxygen atoms in total. The van der Waals surface area contributed by atoms with E-state index in [0.29, 0.717) is 0 Å². The van der Waals surface area contributed by atoms with Crippen molar-refractivity contribution in [2.24, 2.45) is 5.73 Å². The molecule has 0 heterocycles. The molecule has 16 heavy (non-hydrogen) atoms. The van der Waals surface area contributed by atoms with Gasteiger partial charge in [0.15, 0.2) is 0 Å². The summed E-state index contributed by atoms with van der Waals surface area (Å²) >= 11 is 0. The Hall–Kier alpha value is -0.860. The molecule has 0 aromatic heterocycles. The molecule has 0 amide bonds. The third kappa shape index (κ3) is 4.33. The normalized spacial score (nSPS) is 11.1. The van der Waals surface area contributed by atoms with Crippen molar-refractivity contribution in [2.45, 2.75) is 33.2 Å². The van der Waals surface area contributed by atoms with Gasteiger partial charge in [0.1, 0.15) is 0 Å². The largest absolute Gasteiger partial charge is 0.330 e. The van der Waals surface area contributed by atoms with Crippen molar-refractivity contribution in [3.63, 3.8) is 0 Å². The lowest BCUT2D eigenvalue weighted by atomic mass is 10.1. The van der Waals surface area contributed by atoms with Crippen LogP contribution in [0.5, 0.6) is 0 Å². The summed E-state index contributed by atoms with van der Waals surface area (Å²) in [6, 6.07) is 6.67. The monoisotopic (exact) mass is 220 g/mol. The summed E-state index contributed by atoms with van der Waals surface area (Å²) in [5.41, 5.74) is 9.66. The van der Waals surface area contributed by atoms with Crippen molar-refractivity contribution in [1.82, 2.24) is 4.90 Å². The third-order valence-corrected chi connectivity index (χ3v) is 2.94. The van der Waals surface area contributed by atoms with Crippen molar-refractivity contribution < 1.29 is 0 Å². The summed E-state index contributed by atoms with van der Waals surface area (Å²) in [6.07, 6.45) is 2.31. The average molecular weight is 220 g/mol. The number of nitrogens with zero attached hydrogens (tertiary/aromatic N) is 1. The molecule has 0 aliphatic rings. The minimum Gasteiger partial charge on any atom is -0.330 e. The number of benzene rings is 1. The predicted octanol–water partition coefficient (Wildman–Crippen LogP) is 2.47. The Morgan fingerprint density at radius 2 is 1.94 bits per heavy atom. The topological polar surface area (TPSA) is 29.3 Å². The van der Waals surface area contributed by atoms with Gasteiger partial charge in [0.2, 0.25) is 0 Å². The molecule has 0 spiro atoms. The lowest BCUT2D eigenvalue weighted by molar-refractivity contribution is 0.319. The highest BCUT2D eigenvalue weighted by atomic mass is 15.1. The quantitative estimate of drug-likeness (QED) is 0.746. The van der Waals surface area contributed by atoms with Crippen molar-refractivity contribution in [1.29, 1.82) is 0 Å². The van der Waals surface area contributed by atoms with Crippen LogP contribution >= 0.6 is 0 Å². The van der Waals surface area contributed by atoms with E-state index in [9.17, 15) is 0 Å². The smallest absolute Gasteiger partial charge is 0.0233 e. The minimum atomic E-state index is 0.803. The molecule has 0 aliphatic carbocycles. The predicted molar refractivity (Wildman–Crippen MR) is 70.5 cm³/mol. The maximum Gasteiger partial charge on any atom is 0.0233 e. The first kappa shape index (κ1) is 13.2. The third-order valence-electron chi connectivity index (χ3n) is 2.94. The van der Waals surface area contributed by atoms with E-state index in [2.05, 4.69) is 44.0 Å². The van der Waals surface area contributed by atoms with Gasteiger partial charge in [-0.3, -0.25) is 0 Å². The highest BCUT2D eigenvalue weighted by Gasteiger charge is 2.03. The van der Waals surface area contributed by atoms with Gasteiger partial charge in [-0.25, -0.2) is 0 Å². The van der Waals surface area contributed by atoms with Crippen LogP contribution in [0.3, 0.4) is 0 Å². The summed E-state index contributed by atoms with van der Waals surface area (Å²) in [5, 5.41) is 0. The highest BCUT2D eigenvalue weighted by Crippen LogP contribution is 2.12. The van der Waals surface area contributed by atoms with Gasteiger partial charge in [0, 0.05) is 6.54 Å². The van der Waals surface area contributed by atoms with Crippen LogP contribution in [0.1, 0.15) is 29.5 Å². The van der Waals surface area contributed by atoms with Crippen LogP contribution in [0.15, 0.2) is 18.2 Å². The molecule has 2 heteroatoms. The van der Waals surface area contributed by atoms with Gasteiger partial charge in [-0.05, 0) is 58.0 Å². The Labute approximate surface area is 99.5 Å². The first-order valence-electron chi connectivity index (χ1n) is 6.08. The van der Waals surface area contributed by atoms with Gasteiger partial charge in [-0.2, -0.15) is 0 Å². The van der Waals surface area contributed by atoms with E-state index in [1.54, 1.807) is 0 Å². The average Bonchev–Trinajstić information content (AvgIpc) is 2.24. The van der Waals surface area contributed by atoms with E-state index >= 15 is 0 Å². The number of aryl methyl sites for hydroxylation is 2. The van der Waals surface area contributed by atoms with E-state index in [1.165, 1.54) is 23.1 Å². The molecule has 0 aliphatic heterocycles. The Balaban J connectivity index is 2.48. The van der Waals surface area contributed by atoms with Crippen molar-refractivity contribution in [3.05, 3.63) is 34.9 Å². The maximum atomic E-state index is 5.49. The SMILES string of the molecule is Cc1ccc(C)c(CN(C)CCCCN)c1. The van der Waals surface area contributed by atoms with Crippen LogP contribution < -0.4 is 5.73 Å². The molecule has 0 radical (unpaired) electrons. The lowest BCUT2D eigenvalue weighted by Gasteiger charge is -2.18. The van der Waals surface area contributed by atoms with Gasteiger partial charge in [-0.15, -0.1) is 0 Å². The van der Waals surface area contributed by atoms with Gasteiger partial charge >= 0.3 is 0 Å². The summed E-state index contributed by atoms with van der Waals surface area (Å²) in [4.78, 5) is 2.37. The molecule has 90 valence electrons. The summed E-state index contributed by atoms with van der Waals surface area (Å²) < 4.78 is 0. The molecule has 0 saturated heterocycles.